The Labute approximate surface area is 131 Å². The molecule has 0 aromatic heterocycles. The van der Waals surface area contributed by atoms with Crippen LogP contribution in [0.1, 0.15) is 43.6 Å². The molecule has 1 N–H and O–H groups in total. The summed E-state index contributed by atoms with van der Waals surface area (Å²) >= 11 is 0. The first-order valence-corrected chi connectivity index (χ1v) is 9.38. The van der Waals surface area contributed by atoms with Crippen LogP contribution in [0.25, 0.3) is 0 Å². The van der Waals surface area contributed by atoms with E-state index in [4.69, 9.17) is 0 Å². The van der Waals surface area contributed by atoms with Gasteiger partial charge in [-0.15, -0.1) is 0 Å². The van der Waals surface area contributed by atoms with Gasteiger partial charge in [0, 0.05) is 13.1 Å². The van der Waals surface area contributed by atoms with Gasteiger partial charge < -0.3 is 5.32 Å². The second-order valence-corrected chi connectivity index (χ2v) is 8.03. The number of sulfonamides is 1. The van der Waals surface area contributed by atoms with Gasteiger partial charge in [-0.2, -0.15) is 4.31 Å². The molecule has 1 aromatic rings. The Hall–Kier alpha value is -1.40. The van der Waals surface area contributed by atoms with E-state index >= 15 is 0 Å². The molecular weight excluding hydrogens is 300 g/mol. The zero-order chi connectivity index (χ0) is 15.6. The van der Waals surface area contributed by atoms with Gasteiger partial charge in [0.25, 0.3) is 0 Å². The highest BCUT2D eigenvalue weighted by Crippen LogP contribution is 2.33. The smallest absolute Gasteiger partial charge is 0.243 e. The maximum atomic E-state index is 12.6. The first-order valence-electron chi connectivity index (χ1n) is 7.94. The van der Waals surface area contributed by atoms with E-state index in [0.717, 1.165) is 0 Å². The van der Waals surface area contributed by atoms with Crippen LogP contribution in [0.4, 0.5) is 0 Å². The van der Waals surface area contributed by atoms with E-state index in [1.165, 1.54) is 42.0 Å². The van der Waals surface area contributed by atoms with Gasteiger partial charge in [-0.1, -0.05) is 31.4 Å². The van der Waals surface area contributed by atoms with Crippen molar-refractivity contribution in [2.75, 3.05) is 19.6 Å². The molecule has 3 rings (SSSR count). The number of carbonyl (C=O) groups is 1. The molecule has 0 spiro atoms. The number of piperazine rings is 1. The molecule has 1 saturated heterocycles. The fourth-order valence-corrected chi connectivity index (χ4v) is 4.71. The lowest BCUT2D eigenvalue weighted by molar-refractivity contribution is -0.122. The Morgan fingerprint density at radius 3 is 2.36 bits per heavy atom. The van der Waals surface area contributed by atoms with Gasteiger partial charge in [-0.05, 0) is 36.5 Å². The van der Waals surface area contributed by atoms with Crippen LogP contribution in [0, 0.1) is 0 Å². The molecule has 0 atom stereocenters. The highest BCUT2D eigenvalue weighted by atomic mass is 32.2. The molecule has 2 aliphatic rings. The van der Waals surface area contributed by atoms with Crippen molar-refractivity contribution in [3.05, 3.63) is 29.8 Å². The van der Waals surface area contributed by atoms with Crippen molar-refractivity contribution in [2.24, 2.45) is 0 Å². The first kappa shape index (κ1) is 15.5. The van der Waals surface area contributed by atoms with E-state index in [0.29, 0.717) is 19.0 Å². The second kappa shape index (κ2) is 6.38. The van der Waals surface area contributed by atoms with Crippen molar-refractivity contribution in [1.29, 1.82) is 0 Å². The second-order valence-electron chi connectivity index (χ2n) is 6.09. The highest BCUT2D eigenvalue weighted by molar-refractivity contribution is 7.89. The van der Waals surface area contributed by atoms with Crippen LogP contribution >= 0.6 is 0 Å². The third-order valence-corrected chi connectivity index (χ3v) is 6.46. The summed E-state index contributed by atoms with van der Waals surface area (Å²) in [4.78, 5) is 11.7. The standard InChI is InChI=1S/C16H22N2O3S/c19-16-12-18(11-10-17-16)22(20,21)15-8-6-14(7-9-15)13-4-2-1-3-5-13/h6-9,13H,1-5,10-12H2,(H,17,19). The zero-order valence-electron chi connectivity index (χ0n) is 12.6. The van der Waals surface area contributed by atoms with Gasteiger partial charge in [0.05, 0.1) is 11.4 Å². The van der Waals surface area contributed by atoms with Gasteiger partial charge in [0.1, 0.15) is 0 Å². The molecule has 0 unspecified atom stereocenters. The van der Waals surface area contributed by atoms with Crippen molar-refractivity contribution >= 4 is 15.9 Å². The fourth-order valence-electron chi connectivity index (χ4n) is 3.32. The Morgan fingerprint density at radius 2 is 1.73 bits per heavy atom. The van der Waals surface area contributed by atoms with E-state index in [9.17, 15) is 13.2 Å². The number of carbonyl (C=O) groups excluding carboxylic acids is 1. The molecule has 1 aromatic carbocycles. The number of hydrogen-bond donors (Lipinski definition) is 1. The molecule has 5 nitrogen and oxygen atoms in total. The number of amides is 1. The van der Waals surface area contributed by atoms with Gasteiger partial charge in [0.15, 0.2) is 0 Å². The van der Waals surface area contributed by atoms with E-state index in [-0.39, 0.29) is 17.3 Å². The molecular formula is C16H22N2O3S. The molecule has 120 valence electrons. The Balaban J connectivity index is 1.77. The first-order chi connectivity index (χ1) is 10.6. The predicted molar refractivity (Wildman–Crippen MR) is 84.0 cm³/mol. The van der Waals surface area contributed by atoms with E-state index < -0.39 is 10.0 Å². The van der Waals surface area contributed by atoms with Crippen LogP contribution in [0.3, 0.4) is 0 Å². The maximum Gasteiger partial charge on any atom is 0.243 e. The van der Waals surface area contributed by atoms with Crippen LogP contribution in [0.5, 0.6) is 0 Å². The fraction of sp³-hybridized carbons (Fsp3) is 0.562. The topological polar surface area (TPSA) is 66.5 Å². The zero-order valence-corrected chi connectivity index (χ0v) is 13.4. The molecule has 1 aliphatic carbocycles. The number of benzene rings is 1. The molecule has 1 amide bonds. The molecule has 6 heteroatoms. The van der Waals surface area contributed by atoms with E-state index in [1.54, 1.807) is 12.1 Å². The summed E-state index contributed by atoms with van der Waals surface area (Å²) in [6.45, 7) is 0.614. The number of hydrogen-bond acceptors (Lipinski definition) is 3. The normalized spacial score (nSPS) is 21.5. The number of nitrogens with one attached hydrogen (secondary N) is 1. The minimum absolute atomic E-state index is 0.0906. The minimum Gasteiger partial charge on any atom is -0.354 e. The average molecular weight is 322 g/mol. The van der Waals surface area contributed by atoms with Gasteiger partial charge >= 0.3 is 0 Å². The molecule has 1 heterocycles. The predicted octanol–water partition coefficient (Wildman–Crippen LogP) is 1.85. The van der Waals surface area contributed by atoms with Crippen LogP contribution in [-0.4, -0.2) is 38.3 Å². The molecule has 2 fully saturated rings. The number of nitrogens with zero attached hydrogens (tertiary/aromatic N) is 1. The summed E-state index contributed by atoms with van der Waals surface area (Å²) in [7, 11) is -3.57. The SMILES string of the molecule is O=C1CN(S(=O)(=O)c2ccc(C3CCCCC3)cc2)CCN1. The van der Waals surface area contributed by atoms with Crippen LogP contribution in [-0.2, 0) is 14.8 Å². The van der Waals surface area contributed by atoms with Gasteiger partial charge in [-0.25, -0.2) is 8.42 Å². The summed E-state index contributed by atoms with van der Waals surface area (Å²) in [6.07, 6.45) is 6.21. The van der Waals surface area contributed by atoms with Crippen molar-refractivity contribution in [2.45, 2.75) is 42.9 Å². The Bertz CT molecular complexity index is 634. The van der Waals surface area contributed by atoms with Gasteiger partial charge in [0.2, 0.25) is 15.9 Å². The van der Waals surface area contributed by atoms with Crippen molar-refractivity contribution in [3.8, 4) is 0 Å². The third kappa shape index (κ3) is 3.17. The highest BCUT2D eigenvalue weighted by Gasteiger charge is 2.29. The van der Waals surface area contributed by atoms with E-state index in [2.05, 4.69) is 5.32 Å². The van der Waals surface area contributed by atoms with Crippen LogP contribution in [0.15, 0.2) is 29.2 Å². The third-order valence-electron chi connectivity index (χ3n) is 4.60. The molecule has 0 bridgehead atoms. The summed E-state index contributed by atoms with van der Waals surface area (Å²) in [5, 5.41) is 2.64. The van der Waals surface area contributed by atoms with Crippen LogP contribution in [0.2, 0.25) is 0 Å². The summed E-state index contributed by atoms with van der Waals surface area (Å²) in [6, 6.07) is 7.25. The number of rotatable bonds is 3. The van der Waals surface area contributed by atoms with Gasteiger partial charge in [-0.3, -0.25) is 4.79 Å². The Kier molecular flexibility index (Phi) is 4.49. The van der Waals surface area contributed by atoms with E-state index in [1.807, 2.05) is 12.1 Å². The lowest BCUT2D eigenvalue weighted by atomic mass is 9.84. The molecule has 0 radical (unpaired) electrons. The van der Waals surface area contributed by atoms with Crippen LogP contribution < -0.4 is 5.32 Å². The molecule has 22 heavy (non-hydrogen) atoms. The Morgan fingerprint density at radius 1 is 1.05 bits per heavy atom. The largest absolute Gasteiger partial charge is 0.354 e. The van der Waals surface area contributed by atoms with Crippen molar-refractivity contribution in [1.82, 2.24) is 9.62 Å². The molecule has 1 saturated carbocycles. The maximum absolute atomic E-state index is 12.6. The summed E-state index contributed by atoms with van der Waals surface area (Å²) in [5.41, 5.74) is 1.23. The monoisotopic (exact) mass is 322 g/mol. The quantitative estimate of drug-likeness (QED) is 0.923. The lowest BCUT2D eigenvalue weighted by Crippen LogP contribution is -2.49. The minimum atomic E-state index is -3.57. The lowest BCUT2D eigenvalue weighted by Gasteiger charge is -2.26. The average Bonchev–Trinajstić information content (AvgIpc) is 2.56. The summed E-state index contributed by atoms with van der Waals surface area (Å²) < 4.78 is 26.4. The summed E-state index contributed by atoms with van der Waals surface area (Å²) in [5.74, 6) is 0.319. The van der Waals surface area contributed by atoms with Crippen molar-refractivity contribution in [3.63, 3.8) is 0 Å². The molecule has 1 aliphatic heterocycles. The van der Waals surface area contributed by atoms with Crippen molar-refractivity contribution < 1.29 is 13.2 Å².